The molecule has 1 atom stereocenters. The van der Waals surface area contributed by atoms with Crippen LogP contribution in [0.15, 0.2) is 0 Å². The average molecular weight is 236 g/mol. The van der Waals surface area contributed by atoms with Crippen molar-refractivity contribution >= 4 is 9.53 Å². The van der Waals surface area contributed by atoms with Gasteiger partial charge in [0.05, 0.1) is 19.3 Å². The van der Waals surface area contributed by atoms with E-state index >= 15 is 0 Å². The lowest BCUT2D eigenvalue weighted by atomic mass is 10.5. The molecule has 2 aliphatic rings. The third kappa shape index (κ3) is 6.99. The van der Waals surface area contributed by atoms with Crippen LogP contribution in [0, 0.1) is 0 Å². The Morgan fingerprint density at radius 2 is 1.67 bits per heavy atom. The van der Waals surface area contributed by atoms with Gasteiger partial charge in [0, 0.05) is 21.3 Å². The zero-order valence-electron chi connectivity index (χ0n) is 9.60. The molecule has 1 saturated carbocycles. The number of epoxide rings is 1. The Balaban J connectivity index is 0.000000153. The first-order chi connectivity index (χ1) is 7.30. The molecule has 15 heavy (non-hydrogen) atoms. The van der Waals surface area contributed by atoms with Gasteiger partial charge in [-0.3, -0.25) is 0 Å². The molecule has 90 valence electrons. The second-order valence-electron chi connectivity index (χ2n) is 3.48. The van der Waals surface area contributed by atoms with Gasteiger partial charge in [0.25, 0.3) is 0 Å². The fourth-order valence-electron chi connectivity index (χ4n) is 0.931. The molecule has 0 aromatic carbocycles. The molecule has 1 aliphatic carbocycles. The van der Waals surface area contributed by atoms with Gasteiger partial charge >= 0.3 is 9.53 Å². The third-order valence-corrected chi connectivity index (χ3v) is 3.18. The molecule has 1 saturated heterocycles. The van der Waals surface area contributed by atoms with Gasteiger partial charge in [-0.2, -0.15) is 0 Å². The average Bonchev–Trinajstić information content (AvgIpc) is 3.13. The van der Waals surface area contributed by atoms with Crippen LogP contribution in [0.1, 0.15) is 12.8 Å². The van der Waals surface area contributed by atoms with E-state index in [0.717, 1.165) is 13.2 Å². The van der Waals surface area contributed by atoms with E-state index in [0.29, 0.717) is 12.2 Å². The van der Waals surface area contributed by atoms with E-state index in [1.54, 1.807) is 21.3 Å². The maximum absolute atomic E-state index is 5.35. The van der Waals surface area contributed by atoms with Crippen molar-refractivity contribution < 1.29 is 22.8 Å². The molecular weight excluding hydrogens is 216 g/mol. The van der Waals surface area contributed by atoms with Crippen molar-refractivity contribution in [3.8, 4) is 0 Å². The number of ether oxygens (including phenoxy) is 2. The minimum Gasteiger partial charge on any atom is -0.379 e. The van der Waals surface area contributed by atoms with Crippen molar-refractivity contribution in [3.05, 3.63) is 0 Å². The SMILES string of the molecule is C1CC1OCC1CO1.CO[SiH](OC)OC. The summed E-state index contributed by atoms with van der Waals surface area (Å²) in [5, 5.41) is 0. The fourth-order valence-corrected chi connectivity index (χ4v) is 1.51. The summed E-state index contributed by atoms with van der Waals surface area (Å²) in [6.07, 6.45) is 3.59. The van der Waals surface area contributed by atoms with Gasteiger partial charge in [-0.25, -0.2) is 0 Å². The van der Waals surface area contributed by atoms with Crippen LogP contribution in [-0.4, -0.2) is 56.3 Å². The van der Waals surface area contributed by atoms with E-state index in [9.17, 15) is 0 Å². The van der Waals surface area contributed by atoms with Gasteiger partial charge in [-0.05, 0) is 12.8 Å². The summed E-state index contributed by atoms with van der Waals surface area (Å²) in [6.45, 7) is 1.76. The molecule has 2 rings (SSSR count). The van der Waals surface area contributed by atoms with E-state index in [1.165, 1.54) is 12.8 Å². The minimum atomic E-state index is -1.67. The topological polar surface area (TPSA) is 49.5 Å². The van der Waals surface area contributed by atoms with Crippen molar-refractivity contribution in [2.45, 2.75) is 25.0 Å². The Labute approximate surface area is 92.6 Å². The largest absolute Gasteiger partial charge is 0.483 e. The molecule has 1 heterocycles. The maximum Gasteiger partial charge on any atom is 0.483 e. The summed E-state index contributed by atoms with van der Waals surface area (Å²) in [4.78, 5) is 0. The molecule has 0 bridgehead atoms. The summed E-state index contributed by atoms with van der Waals surface area (Å²) >= 11 is 0. The number of hydrogen-bond acceptors (Lipinski definition) is 5. The second-order valence-corrected chi connectivity index (χ2v) is 5.48. The Morgan fingerprint density at radius 1 is 1.13 bits per heavy atom. The molecule has 1 unspecified atom stereocenters. The maximum atomic E-state index is 5.35. The number of rotatable bonds is 6. The van der Waals surface area contributed by atoms with Gasteiger partial charge < -0.3 is 22.8 Å². The molecule has 0 spiro atoms. The van der Waals surface area contributed by atoms with E-state index in [-0.39, 0.29) is 0 Å². The highest BCUT2D eigenvalue weighted by molar-refractivity contribution is 6.36. The first-order valence-electron chi connectivity index (χ1n) is 5.11. The van der Waals surface area contributed by atoms with Gasteiger partial charge in [0.1, 0.15) is 6.10 Å². The lowest BCUT2D eigenvalue weighted by molar-refractivity contribution is 0.103. The summed E-state index contributed by atoms with van der Waals surface area (Å²) in [5.74, 6) is 0. The van der Waals surface area contributed by atoms with Crippen molar-refractivity contribution in [1.82, 2.24) is 0 Å². The molecule has 0 radical (unpaired) electrons. The highest BCUT2D eigenvalue weighted by Crippen LogP contribution is 2.24. The molecular formula is C9H20O5Si. The van der Waals surface area contributed by atoms with Crippen LogP contribution in [-0.2, 0) is 22.8 Å². The quantitative estimate of drug-likeness (QED) is 0.487. The predicted octanol–water partition coefficient (Wildman–Crippen LogP) is 0.207. The minimum absolute atomic E-state index is 0.454. The van der Waals surface area contributed by atoms with Gasteiger partial charge in [-0.1, -0.05) is 0 Å². The van der Waals surface area contributed by atoms with Crippen LogP contribution < -0.4 is 0 Å². The molecule has 1 aliphatic heterocycles. The lowest BCUT2D eigenvalue weighted by Crippen LogP contribution is -2.21. The van der Waals surface area contributed by atoms with E-state index in [2.05, 4.69) is 0 Å². The zero-order valence-corrected chi connectivity index (χ0v) is 10.8. The molecule has 5 nitrogen and oxygen atoms in total. The van der Waals surface area contributed by atoms with Crippen LogP contribution >= 0.6 is 0 Å². The Morgan fingerprint density at radius 3 is 1.93 bits per heavy atom. The standard InChI is InChI=1S/C6H10O2.C3H10O3Si/c1-2-5(1)7-3-6-4-8-6;1-4-7(5-2)6-3/h5-6H,1-4H2;7H,1-3H3. The molecule has 0 N–H and O–H groups in total. The lowest BCUT2D eigenvalue weighted by Gasteiger charge is -2.05. The van der Waals surface area contributed by atoms with Crippen molar-refractivity contribution in [3.63, 3.8) is 0 Å². The Bertz CT molecular complexity index is 139. The molecule has 6 heteroatoms. The summed E-state index contributed by atoms with van der Waals surface area (Å²) in [6, 6.07) is 0. The highest BCUT2D eigenvalue weighted by Gasteiger charge is 2.28. The molecule has 0 amide bonds. The summed E-state index contributed by atoms with van der Waals surface area (Å²) in [7, 11) is 3.05. The van der Waals surface area contributed by atoms with Crippen molar-refractivity contribution in [2.75, 3.05) is 34.5 Å². The molecule has 0 aromatic heterocycles. The summed E-state index contributed by atoms with van der Waals surface area (Å²) in [5.41, 5.74) is 0. The normalized spacial score (nSPS) is 23.6. The van der Waals surface area contributed by atoms with Crippen LogP contribution in [0.4, 0.5) is 0 Å². The Kier molecular flexibility index (Phi) is 6.38. The first kappa shape index (κ1) is 13.1. The number of hydrogen-bond donors (Lipinski definition) is 0. The van der Waals surface area contributed by atoms with E-state index < -0.39 is 9.53 Å². The van der Waals surface area contributed by atoms with Crippen molar-refractivity contribution in [2.24, 2.45) is 0 Å². The van der Waals surface area contributed by atoms with Crippen LogP contribution in [0.3, 0.4) is 0 Å². The van der Waals surface area contributed by atoms with Gasteiger partial charge in [0.15, 0.2) is 0 Å². The molecule has 0 aromatic rings. The van der Waals surface area contributed by atoms with Gasteiger partial charge in [-0.15, -0.1) is 0 Å². The zero-order chi connectivity index (χ0) is 11.1. The van der Waals surface area contributed by atoms with Crippen LogP contribution in [0.2, 0.25) is 0 Å². The first-order valence-corrected chi connectivity index (χ1v) is 6.53. The second kappa shape index (κ2) is 7.32. The third-order valence-electron chi connectivity index (χ3n) is 2.02. The predicted molar refractivity (Wildman–Crippen MR) is 56.9 cm³/mol. The summed E-state index contributed by atoms with van der Waals surface area (Å²) < 4.78 is 24.5. The smallest absolute Gasteiger partial charge is 0.379 e. The van der Waals surface area contributed by atoms with Gasteiger partial charge in [0.2, 0.25) is 0 Å². The Hall–Kier alpha value is 0.0169. The van der Waals surface area contributed by atoms with E-state index in [1.807, 2.05) is 0 Å². The monoisotopic (exact) mass is 236 g/mol. The van der Waals surface area contributed by atoms with Crippen LogP contribution in [0.5, 0.6) is 0 Å². The fraction of sp³-hybridized carbons (Fsp3) is 1.00. The van der Waals surface area contributed by atoms with E-state index in [4.69, 9.17) is 22.8 Å². The molecule has 2 fully saturated rings. The highest BCUT2D eigenvalue weighted by atomic mass is 28.3. The van der Waals surface area contributed by atoms with Crippen LogP contribution in [0.25, 0.3) is 0 Å². The van der Waals surface area contributed by atoms with Crippen molar-refractivity contribution in [1.29, 1.82) is 0 Å².